The number of carbonyl (C=O) groups excluding carboxylic acids is 2. The van der Waals surface area contributed by atoms with Crippen LogP contribution in [0.4, 0.5) is 11.4 Å². The Morgan fingerprint density at radius 2 is 1.63 bits per heavy atom. The molecule has 0 saturated heterocycles. The van der Waals surface area contributed by atoms with Crippen LogP contribution in [0.15, 0.2) is 65.6 Å². The van der Waals surface area contributed by atoms with E-state index in [1.807, 2.05) is 6.07 Å². The number of hydrogen-bond acceptors (Lipinski definition) is 6. The molecular formula is C25H23ClN2O6S. The fourth-order valence-corrected chi connectivity index (χ4v) is 4.17. The third kappa shape index (κ3) is 6.68. The summed E-state index contributed by atoms with van der Waals surface area (Å²) in [5.41, 5.74) is 1.19. The Kier molecular flexibility index (Phi) is 8.62. The summed E-state index contributed by atoms with van der Waals surface area (Å²) in [6, 6.07) is 16.0. The highest BCUT2D eigenvalue weighted by atomic mass is 35.5. The van der Waals surface area contributed by atoms with Crippen molar-refractivity contribution in [1.29, 1.82) is 0 Å². The molecule has 0 bridgehead atoms. The maximum Gasteiger partial charge on any atom is 0.335 e. The summed E-state index contributed by atoms with van der Waals surface area (Å²) in [5.74, 6) is -0.832. The third-order valence-corrected chi connectivity index (χ3v) is 6.31. The molecule has 8 nitrogen and oxygen atoms in total. The second kappa shape index (κ2) is 11.6. The molecule has 2 amide bonds. The van der Waals surface area contributed by atoms with Crippen LogP contribution in [-0.2, 0) is 4.79 Å². The minimum absolute atomic E-state index is 0.0166. The van der Waals surface area contributed by atoms with Gasteiger partial charge < -0.3 is 25.2 Å². The largest absolute Gasteiger partial charge is 0.493 e. The monoisotopic (exact) mass is 514 g/mol. The molecule has 1 unspecified atom stereocenters. The van der Waals surface area contributed by atoms with Crippen molar-refractivity contribution in [2.24, 2.45) is 0 Å². The molecule has 0 heterocycles. The number of thioether (sulfide) groups is 1. The number of ether oxygens (including phenoxy) is 2. The zero-order chi connectivity index (χ0) is 25.5. The first-order valence-electron chi connectivity index (χ1n) is 10.4. The second-order valence-corrected chi connectivity index (χ2v) is 9.12. The smallest absolute Gasteiger partial charge is 0.335 e. The fourth-order valence-electron chi connectivity index (χ4n) is 3.07. The van der Waals surface area contributed by atoms with Gasteiger partial charge in [-0.3, -0.25) is 9.59 Å². The number of carboxylic acids is 1. The Labute approximate surface area is 211 Å². The summed E-state index contributed by atoms with van der Waals surface area (Å²) in [5, 5.41) is 14.4. The van der Waals surface area contributed by atoms with E-state index in [1.165, 1.54) is 44.2 Å². The lowest BCUT2D eigenvalue weighted by Crippen LogP contribution is -2.22. The van der Waals surface area contributed by atoms with Gasteiger partial charge in [-0.2, -0.15) is 0 Å². The molecule has 10 heteroatoms. The summed E-state index contributed by atoms with van der Waals surface area (Å²) in [7, 11) is 3.01. The van der Waals surface area contributed by atoms with Crippen LogP contribution in [-0.4, -0.2) is 42.4 Å². The number of carboxylic acid groups (broad SMARTS) is 1. The summed E-state index contributed by atoms with van der Waals surface area (Å²) in [4.78, 5) is 37.3. The van der Waals surface area contributed by atoms with Gasteiger partial charge in [0.05, 0.1) is 35.7 Å². The molecule has 182 valence electrons. The van der Waals surface area contributed by atoms with Gasteiger partial charge in [-0.25, -0.2) is 4.79 Å². The van der Waals surface area contributed by atoms with Gasteiger partial charge in [-0.1, -0.05) is 17.7 Å². The van der Waals surface area contributed by atoms with E-state index in [-0.39, 0.29) is 28.1 Å². The Hall–Kier alpha value is -3.69. The standard InChI is InChI=1S/C25H23ClN2O6S/c1-14(23(29)28-20-11-16(25(31)32)7-9-19(20)26)35-18-6-4-5-17(13-18)27-24(30)15-8-10-21(33-2)22(12-15)34-3/h4-14H,1-3H3,(H,27,30)(H,28,29)(H,31,32). The SMILES string of the molecule is COc1ccc(C(=O)Nc2cccc(SC(C)C(=O)Nc3cc(C(=O)O)ccc3Cl)c2)cc1OC. The lowest BCUT2D eigenvalue weighted by molar-refractivity contribution is -0.115. The molecule has 3 N–H and O–H groups in total. The first-order chi connectivity index (χ1) is 16.7. The number of rotatable bonds is 9. The van der Waals surface area contributed by atoms with Gasteiger partial charge in [0.15, 0.2) is 11.5 Å². The van der Waals surface area contributed by atoms with E-state index in [0.717, 1.165) is 4.90 Å². The van der Waals surface area contributed by atoms with Crippen LogP contribution >= 0.6 is 23.4 Å². The van der Waals surface area contributed by atoms with Crippen LogP contribution < -0.4 is 20.1 Å². The lowest BCUT2D eigenvalue weighted by Gasteiger charge is -2.14. The van der Waals surface area contributed by atoms with Crippen molar-refractivity contribution in [3.63, 3.8) is 0 Å². The summed E-state index contributed by atoms with van der Waals surface area (Å²) in [6.45, 7) is 1.71. The Morgan fingerprint density at radius 1 is 0.914 bits per heavy atom. The van der Waals surface area contributed by atoms with Gasteiger partial charge >= 0.3 is 5.97 Å². The van der Waals surface area contributed by atoms with Gasteiger partial charge in [-0.15, -0.1) is 11.8 Å². The fraction of sp³-hybridized carbons (Fsp3) is 0.160. The molecular weight excluding hydrogens is 492 g/mol. The van der Waals surface area contributed by atoms with Crippen molar-refractivity contribution in [2.75, 3.05) is 24.9 Å². The number of anilines is 2. The van der Waals surface area contributed by atoms with Gasteiger partial charge in [0, 0.05) is 16.1 Å². The average Bonchev–Trinajstić information content (AvgIpc) is 2.84. The van der Waals surface area contributed by atoms with Crippen molar-refractivity contribution in [1.82, 2.24) is 0 Å². The normalized spacial score (nSPS) is 11.3. The number of carbonyl (C=O) groups is 3. The minimum Gasteiger partial charge on any atom is -0.493 e. The highest BCUT2D eigenvalue weighted by Crippen LogP contribution is 2.30. The van der Waals surface area contributed by atoms with E-state index in [0.29, 0.717) is 22.7 Å². The maximum absolute atomic E-state index is 12.7. The second-order valence-electron chi connectivity index (χ2n) is 7.30. The summed E-state index contributed by atoms with van der Waals surface area (Å²) >= 11 is 7.37. The molecule has 0 aliphatic rings. The first-order valence-corrected chi connectivity index (χ1v) is 11.6. The number of aromatic carboxylic acids is 1. The lowest BCUT2D eigenvalue weighted by atomic mass is 10.2. The number of hydrogen-bond donors (Lipinski definition) is 3. The predicted octanol–water partition coefficient (Wildman–Crippen LogP) is 5.43. The molecule has 0 fully saturated rings. The third-order valence-electron chi connectivity index (χ3n) is 4.89. The highest BCUT2D eigenvalue weighted by molar-refractivity contribution is 8.00. The van der Waals surface area contributed by atoms with E-state index in [1.54, 1.807) is 43.3 Å². The van der Waals surface area contributed by atoms with Crippen LogP contribution in [0.5, 0.6) is 11.5 Å². The van der Waals surface area contributed by atoms with Crippen molar-refractivity contribution in [3.05, 3.63) is 76.8 Å². The molecule has 0 aliphatic carbocycles. The molecule has 0 spiro atoms. The summed E-state index contributed by atoms with van der Waals surface area (Å²) < 4.78 is 10.4. The van der Waals surface area contributed by atoms with E-state index in [9.17, 15) is 14.4 Å². The first kappa shape index (κ1) is 25.9. The van der Waals surface area contributed by atoms with Crippen molar-refractivity contribution >= 4 is 52.5 Å². The van der Waals surface area contributed by atoms with E-state index in [2.05, 4.69) is 10.6 Å². The minimum atomic E-state index is -1.12. The molecule has 1 atom stereocenters. The predicted molar refractivity (Wildman–Crippen MR) is 136 cm³/mol. The molecule has 3 aromatic carbocycles. The maximum atomic E-state index is 12.7. The molecule has 3 rings (SSSR count). The van der Waals surface area contributed by atoms with Crippen molar-refractivity contribution < 1.29 is 29.0 Å². The zero-order valence-electron chi connectivity index (χ0n) is 19.1. The quantitative estimate of drug-likeness (QED) is 0.326. The molecule has 0 radical (unpaired) electrons. The topological polar surface area (TPSA) is 114 Å². The molecule has 3 aromatic rings. The molecule has 35 heavy (non-hydrogen) atoms. The Morgan fingerprint density at radius 3 is 2.31 bits per heavy atom. The zero-order valence-corrected chi connectivity index (χ0v) is 20.7. The average molecular weight is 515 g/mol. The Balaban J connectivity index is 1.67. The van der Waals surface area contributed by atoms with E-state index >= 15 is 0 Å². The van der Waals surface area contributed by atoms with E-state index < -0.39 is 11.2 Å². The molecule has 0 aliphatic heterocycles. The van der Waals surface area contributed by atoms with Gasteiger partial charge in [0.25, 0.3) is 5.91 Å². The molecule has 0 aromatic heterocycles. The van der Waals surface area contributed by atoms with Crippen LogP contribution in [0.3, 0.4) is 0 Å². The number of methoxy groups -OCH3 is 2. The molecule has 0 saturated carbocycles. The number of halogens is 1. The summed E-state index contributed by atoms with van der Waals surface area (Å²) in [6.07, 6.45) is 0. The van der Waals surface area contributed by atoms with Gasteiger partial charge in [0.2, 0.25) is 5.91 Å². The van der Waals surface area contributed by atoms with E-state index in [4.69, 9.17) is 26.2 Å². The van der Waals surface area contributed by atoms with Gasteiger partial charge in [0.1, 0.15) is 0 Å². The van der Waals surface area contributed by atoms with Gasteiger partial charge in [-0.05, 0) is 61.5 Å². The number of amides is 2. The van der Waals surface area contributed by atoms with Crippen LogP contribution in [0.1, 0.15) is 27.6 Å². The highest BCUT2D eigenvalue weighted by Gasteiger charge is 2.18. The van der Waals surface area contributed by atoms with Crippen molar-refractivity contribution in [2.45, 2.75) is 17.1 Å². The van der Waals surface area contributed by atoms with Crippen molar-refractivity contribution in [3.8, 4) is 11.5 Å². The van der Waals surface area contributed by atoms with Crippen LogP contribution in [0, 0.1) is 0 Å². The number of benzene rings is 3. The van der Waals surface area contributed by atoms with Crippen LogP contribution in [0.2, 0.25) is 5.02 Å². The Bertz CT molecular complexity index is 1270. The van der Waals surface area contributed by atoms with Crippen LogP contribution in [0.25, 0.3) is 0 Å². The number of nitrogens with one attached hydrogen (secondary N) is 2.